The van der Waals surface area contributed by atoms with E-state index in [1.807, 2.05) is 0 Å². The van der Waals surface area contributed by atoms with Gasteiger partial charge in [-0.1, -0.05) is 29.8 Å². The van der Waals surface area contributed by atoms with Gasteiger partial charge in [-0.05, 0) is 38.4 Å². The Balaban J connectivity index is 1.53. The minimum Gasteiger partial charge on any atom is -0.350 e. The topological polar surface area (TPSA) is 73.9 Å². The number of rotatable bonds is 5. The zero-order valence-corrected chi connectivity index (χ0v) is 14.9. The summed E-state index contributed by atoms with van der Waals surface area (Å²) in [5, 5.41) is 3.10. The minimum absolute atomic E-state index is 0.133. The van der Waals surface area contributed by atoms with Gasteiger partial charge < -0.3 is 10.3 Å². The van der Waals surface area contributed by atoms with Crippen LogP contribution in [0.5, 0.6) is 0 Å². The third-order valence-electron chi connectivity index (χ3n) is 5.08. The largest absolute Gasteiger partial charge is 0.350 e. The fraction of sp³-hybridized carbons (Fsp3) is 0.350. The van der Waals surface area contributed by atoms with Crippen molar-refractivity contribution in [1.82, 2.24) is 25.2 Å². The number of carbonyl (C=O) groups is 1. The molecule has 1 unspecified atom stereocenters. The van der Waals surface area contributed by atoms with Crippen LogP contribution in [0.15, 0.2) is 43.0 Å². The number of benzene rings is 1. The molecule has 3 aromatic rings. The van der Waals surface area contributed by atoms with E-state index in [9.17, 15) is 4.79 Å². The van der Waals surface area contributed by atoms with E-state index in [2.05, 4.69) is 56.4 Å². The molecule has 1 fully saturated rings. The molecule has 1 aliphatic heterocycles. The van der Waals surface area contributed by atoms with Crippen molar-refractivity contribution in [2.45, 2.75) is 25.8 Å². The molecule has 0 radical (unpaired) electrons. The maximum absolute atomic E-state index is 12.7. The predicted octanol–water partition coefficient (Wildman–Crippen LogP) is 2.83. The van der Waals surface area contributed by atoms with E-state index in [-0.39, 0.29) is 11.9 Å². The number of nitrogens with one attached hydrogen (secondary N) is 2. The summed E-state index contributed by atoms with van der Waals surface area (Å²) in [7, 11) is 0. The summed E-state index contributed by atoms with van der Waals surface area (Å²) in [5.74, 6) is -0.133. The van der Waals surface area contributed by atoms with Crippen molar-refractivity contribution < 1.29 is 4.79 Å². The first-order chi connectivity index (χ1) is 12.7. The minimum atomic E-state index is -0.133. The molecule has 2 N–H and O–H groups in total. The van der Waals surface area contributed by atoms with Crippen molar-refractivity contribution in [1.29, 1.82) is 0 Å². The van der Waals surface area contributed by atoms with Gasteiger partial charge in [0, 0.05) is 12.7 Å². The quantitative estimate of drug-likeness (QED) is 0.743. The number of nitrogens with zero attached hydrogens (tertiary/aromatic N) is 3. The fourth-order valence-corrected chi connectivity index (χ4v) is 3.62. The Labute approximate surface area is 152 Å². The monoisotopic (exact) mass is 349 g/mol. The first kappa shape index (κ1) is 16.7. The van der Waals surface area contributed by atoms with Crippen molar-refractivity contribution in [3.8, 4) is 0 Å². The summed E-state index contributed by atoms with van der Waals surface area (Å²) in [6.45, 7) is 4.81. The van der Waals surface area contributed by atoms with Crippen molar-refractivity contribution in [3.63, 3.8) is 0 Å². The second-order valence-corrected chi connectivity index (χ2v) is 6.87. The Morgan fingerprint density at radius 3 is 2.77 bits per heavy atom. The Morgan fingerprint density at radius 2 is 2.00 bits per heavy atom. The highest BCUT2D eigenvalue weighted by atomic mass is 16.1. The van der Waals surface area contributed by atoms with Gasteiger partial charge in [0.15, 0.2) is 0 Å². The molecular formula is C20H23N5O. The third kappa shape index (κ3) is 3.32. The van der Waals surface area contributed by atoms with Crippen LogP contribution in [-0.2, 0) is 0 Å². The van der Waals surface area contributed by atoms with Crippen LogP contribution in [0.25, 0.3) is 11.0 Å². The molecule has 1 atom stereocenters. The van der Waals surface area contributed by atoms with Gasteiger partial charge in [-0.3, -0.25) is 14.7 Å². The van der Waals surface area contributed by atoms with Gasteiger partial charge in [-0.15, -0.1) is 0 Å². The molecular weight excluding hydrogens is 326 g/mol. The number of fused-ring (bicyclic) bond motifs is 1. The number of H-pyrrole nitrogens is 1. The summed E-state index contributed by atoms with van der Waals surface area (Å²) in [4.78, 5) is 26.6. The molecule has 4 rings (SSSR count). The highest BCUT2D eigenvalue weighted by Gasteiger charge is 2.24. The summed E-state index contributed by atoms with van der Waals surface area (Å²) in [6, 6.07) is 8.79. The van der Waals surface area contributed by atoms with Crippen LogP contribution in [0.3, 0.4) is 0 Å². The van der Waals surface area contributed by atoms with Crippen LogP contribution in [0.4, 0.5) is 0 Å². The van der Waals surface area contributed by atoms with Crippen LogP contribution in [0, 0.1) is 6.92 Å². The molecule has 2 aromatic heterocycles. The highest BCUT2D eigenvalue weighted by molar-refractivity contribution is 6.04. The molecule has 3 heterocycles. The molecule has 26 heavy (non-hydrogen) atoms. The van der Waals surface area contributed by atoms with E-state index in [0.717, 1.165) is 18.6 Å². The van der Waals surface area contributed by atoms with Gasteiger partial charge in [0.25, 0.3) is 5.91 Å². The summed E-state index contributed by atoms with van der Waals surface area (Å²) in [5.41, 5.74) is 4.42. The lowest BCUT2D eigenvalue weighted by atomic mass is 10.0. The van der Waals surface area contributed by atoms with Crippen LogP contribution in [0.1, 0.15) is 40.4 Å². The lowest BCUT2D eigenvalue weighted by Gasteiger charge is -2.28. The second-order valence-electron chi connectivity index (χ2n) is 6.87. The van der Waals surface area contributed by atoms with Gasteiger partial charge in [0.2, 0.25) is 0 Å². The zero-order valence-electron chi connectivity index (χ0n) is 14.9. The number of amides is 1. The molecule has 134 valence electrons. The number of hydrogen-bond acceptors (Lipinski definition) is 4. The first-order valence-electron chi connectivity index (χ1n) is 9.08. The number of hydrogen-bond donors (Lipinski definition) is 2. The van der Waals surface area contributed by atoms with Gasteiger partial charge in [0.05, 0.1) is 29.6 Å². The highest BCUT2D eigenvalue weighted by Crippen LogP contribution is 2.25. The third-order valence-corrected chi connectivity index (χ3v) is 5.08. The normalized spacial score (nSPS) is 16.0. The van der Waals surface area contributed by atoms with E-state index in [0.29, 0.717) is 17.6 Å². The van der Waals surface area contributed by atoms with E-state index in [1.54, 1.807) is 18.7 Å². The standard InChI is InChI=1S/C20H23N5O/c1-14-4-6-15(7-5-14)18(25-8-2-3-9-25)12-22-20(26)16-10-21-11-17-19(16)24-13-23-17/h4-7,10-11,13,18H,2-3,8-9,12H2,1H3,(H,22,26)(H,23,24). The van der Waals surface area contributed by atoms with Crippen LogP contribution < -0.4 is 5.32 Å². The Hall–Kier alpha value is -2.73. The smallest absolute Gasteiger partial charge is 0.255 e. The summed E-state index contributed by atoms with van der Waals surface area (Å²) in [6.07, 6.45) is 7.27. The van der Waals surface area contributed by atoms with E-state index in [4.69, 9.17) is 0 Å². The number of pyridine rings is 1. The van der Waals surface area contributed by atoms with Gasteiger partial charge in [-0.25, -0.2) is 4.98 Å². The Kier molecular flexibility index (Phi) is 4.67. The fourth-order valence-electron chi connectivity index (χ4n) is 3.62. The lowest BCUT2D eigenvalue weighted by molar-refractivity contribution is 0.0939. The molecule has 1 aromatic carbocycles. The predicted molar refractivity (Wildman–Crippen MR) is 101 cm³/mol. The summed E-state index contributed by atoms with van der Waals surface area (Å²) >= 11 is 0. The zero-order chi connectivity index (χ0) is 17.9. The Morgan fingerprint density at radius 1 is 1.23 bits per heavy atom. The first-order valence-corrected chi connectivity index (χ1v) is 9.08. The average molecular weight is 349 g/mol. The van der Waals surface area contributed by atoms with E-state index in [1.165, 1.54) is 24.0 Å². The molecule has 6 heteroatoms. The number of aromatic nitrogens is 3. The molecule has 6 nitrogen and oxygen atoms in total. The number of likely N-dealkylation sites (tertiary alicyclic amines) is 1. The summed E-state index contributed by atoms with van der Waals surface area (Å²) < 4.78 is 0. The molecule has 0 spiro atoms. The van der Waals surface area contributed by atoms with Gasteiger partial charge in [0.1, 0.15) is 5.52 Å². The number of aromatic amines is 1. The average Bonchev–Trinajstić information content (AvgIpc) is 3.34. The van der Waals surface area contributed by atoms with Crippen molar-refractivity contribution in [3.05, 3.63) is 59.7 Å². The number of carbonyl (C=O) groups excluding carboxylic acids is 1. The van der Waals surface area contributed by atoms with Crippen molar-refractivity contribution in [2.24, 2.45) is 0 Å². The molecule has 0 saturated carbocycles. The van der Waals surface area contributed by atoms with Crippen molar-refractivity contribution >= 4 is 16.9 Å². The number of aryl methyl sites for hydroxylation is 1. The number of imidazole rings is 1. The molecule has 0 aliphatic carbocycles. The second kappa shape index (κ2) is 7.25. The Bertz CT molecular complexity index is 896. The molecule has 1 aliphatic rings. The van der Waals surface area contributed by atoms with Crippen LogP contribution in [0.2, 0.25) is 0 Å². The van der Waals surface area contributed by atoms with E-state index < -0.39 is 0 Å². The van der Waals surface area contributed by atoms with E-state index >= 15 is 0 Å². The maximum atomic E-state index is 12.7. The SMILES string of the molecule is Cc1ccc(C(CNC(=O)c2cncc3[nH]cnc23)N2CCCC2)cc1. The van der Waals surface area contributed by atoms with Gasteiger partial charge >= 0.3 is 0 Å². The van der Waals surface area contributed by atoms with Crippen LogP contribution in [-0.4, -0.2) is 45.4 Å². The van der Waals surface area contributed by atoms with Gasteiger partial charge in [-0.2, -0.15) is 0 Å². The van der Waals surface area contributed by atoms with Crippen molar-refractivity contribution in [2.75, 3.05) is 19.6 Å². The molecule has 1 saturated heterocycles. The maximum Gasteiger partial charge on any atom is 0.255 e. The lowest BCUT2D eigenvalue weighted by Crippen LogP contribution is -2.37. The molecule has 0 bridgehead atoms. The van der Waals surface area contributed by atoms with Crippen LogP contribution >= 0.6 is 0 Å². The molecule has 1 amide bonds.